The third kappa shape index (κ3) is 1.94. The summed E-state index contributed by atoms with van der Waals surface area (Å²) >= 11 is 0. The SMILES string of the molecule is CCOC(=O)C(O)=C1OC2CCC1CC2. The van der Waals surface area contributed by atoms with Gasteiger partial charge in [-0.1, -0.05) is 0 Å². The Morgan fingerprint density at radius 1 is 1.47 bits per heavy atom. The van der Waals surface area contributed by atoms with E-state index in [4.69, 9.17) is 9.47 Å². The zero-order chi connectivity index (χ0) is 10.8. The van der Waals surface area contributed by atoms with Crippen molar-refractivity contribution in [1.82, 2.24) is 0 Å². The highest BCUT2D eigenvalue weighted by atomic mass is 16.6. The summed E-state index contributed by atoms with van der Waals surface area (Å²) in [5.41, 5.74) is 0. The maximum Gasteiger partial charge on any atom is 0.377 e. The minimum Gasteiger partial charge on any atom is -0.499 e. The van der Waals surface area contributed by atoms with Crippen LogP contribution in [0.2, 0.25) is 0 Å². The molecular weight excluding hydrogens is 196 g/mol. The summed E-state index contributed by atoms with van der Waals surface area (Å²) in [6, 6.07) is 0. The molecule has 0 atom stereocenters. The number of aliphatic hydroxyl groups excluding tert-OH is 1. The Morgan fingerprint density at radius 3 is 2.60 bits per heavy atom. The first-order valence-corrected chi connectivity index (χ1v) is 5.49. The van der Waals surface area contributed by atoms with Crippen LogP contribution in [0.4, 0.5) is 0 Å². The lowest BCUT2D eigenvalue weighted by Gasteiger charge is -2.38. The molecule has 15 heavy (non-hydrogen) atoms. The average Bonchev–Trinajstić information content (AvgIpc) is 2.30. The lowest BCUT2D eigenvalue weighted by molar-refractivity contribution is -0.142. The van der Waals surface area contributed by atoms with Crippen molar-refractivity contribution in [3.8, 4) is 0 Å². The van der Waals surface area contributed by atoms with Gasteiger partial charge in [0.15, 0.2) is 0 Å². The zero-order valence-corrected chi connectivity index (χ0v) is 8.86. The molecule has 1 saturated carbocycles. The number of esters is 1. The standard InChI is InChI=1S/C11H16O4/c1-2-14-11(13)9(12)10-7-3-5-8(15-10)6-4-7/h7-8,12H,2-6H2,1H3. The van der Waals surface area contributed by atoms with Crippen molar-refractivity contribution >= 4 is 5.97 Å². The van der Waals surface area contributed by atoms with Crippen LogP contribution in [0.3, 0.4) is 0 Å². The molecule has 84 valence electrons. The summed E-state index contributed by atoms with van der Waals surface area (Å²) in [5, 5.41) is 9.68. The van der Waals surface area contributed by atoms with Crippen LogP contribution in [-0.4, -0.2) is 23.8 Å². The molecule has 0 spiro atoms. The van der Waals surface area contributed by atoms with Gasteiger partial charge in [-0.3, -0.25) is 0 Å². The van der Waals surface area contributed by atoms with E-state index in [1.54, 1.807) is 6.92 Å². The largest absolute Gasteiger partial charge is 0.499 e. The van der Waals surface area contributed by atoms with Crippen LogP contribution in [0.1, 0.15) is 32.6 Å². The Balaban J connectivity index is 2.14. The highest BCUT2D eigenvalue weighted by Gasteiger charge is 2.36. The molecule has 4 nitrogen and oxygen atoms in total. The molecule has 0 amide bonds. The maximum absolute atomic E-state index is 11.3. The summed E-state index contributed by atoms with van der Waals surface area (Å²) in [6.45, 7) is 1.98. The highest BCUT2D eigenvalue weighted by Crippen LogP contribution is 2.40. The van der Waals surface area contributed by atoms with Gasteiger partial charge in [-0.25, -0.2) is 4.79 Å². The van der Waals surface area contributed by atoms with Gasteiger partial charge in [0.25, 0.3) is 0 Å². The summed E-state index contributed by atoms with van der Waals surface area (Å²) < 4.78 is 10.3. The average molecular weight is 212 g/mol. The molecule has 2 aliphatic heterocycles. The Labute approximate surface area is 88.9 Å². The first kappa shape index (κ1) is 10.3. The van der Waals surface area contributed by atoms with E-state index >= 15 is 0 Å². The topological polar surface area (TPSA) is 55.8 Å². The van der Waals surface area contributed by atoms with E-state index in [1.165, 1.54) is 0 Å². The van der Waals surface area contributed by atoms with Gasteiger partial charge in [0.1, 0.15) is 5.76 Å². The predicted molar refractivity (Wildman–Crippen MR) is 53.1 cm³/mol. The van der Waals surface area contributed by atoms with Crippen molar-refractivity contribution in [1.29, 1.82) is 0 Å². The number of carbonyl (C=O) groups excluding carboxylic acids is 1. The molecule has 0 aromatic heterocycles. The second-order valence-electron chi connectivity index (χ2n) is 4.02. The zero-order valence-electron chi connectivity index (χ0n) is 8.86. The van der Waals surface area contributed by atoms with E-state index in [2.05, 4.69) is 0 Å². The second-order valence-corrected chi connectivity index (χ2v) is 4.02. The molecule has 3 aliphatic rings. The highest BCUT2D eigenvalue weighted by molar-refractivity contribution is 5.86. The van der Waals surface area contributed by atoms with E-state index in [0.29, 0.717) is 5.76 Å². The Kier molecular flexibility index (Phi) is 2.84. The van der Waals surface area contributed by atoms with Gasteiger partial charge in [0.2, 0.25) is 5.76 Å². The molecule has 3 rings (SSSR count). The minimum absolute atomic E-state index is 0.182. The molecule has 0 unspecified atom stereocenters. The molecule has 0 aromatic carbocycles. The van der Waals surface area contributed by atoms with Gasteiger partial charge < -0.3 is 14.6 Å². The molecule has 4 heteroatoms. The van der Waals surface area contributed by atoms with Gasteiger partial charge in [-0.2, -0.15) is 0 Å². The van der Waals surface area contributed by atoms with E-state index < -0.39 is 5.97 Å². The quantitative estimate of drug-likeness (QED) is 0.431. The van der Waals surface area contributed by atoms with Crippen molar-refractivity contribution < 1.29 is 19.4 Å². The van der Waals surface area contributed by atoms with Gasteiger partial charge >= 0.3 is 5.97 Å². The number of hydrogen-bond donors (Lipinski definition) is 1. The summed E-state index contributed by atoms with van der Waals surface area (Å²) in [6.07, 6.45) is 4.25. The smallest absolute Gasteiger partial charge is 0.377 e. The molecule has 0 aromatic rings. The number of carbonyl (C=O) groups is 1. The van der Waals surface area contributed by atoms with Crippen molar-refractivity contribution in [2.24, 2.45) is 5.92 Å². The molecule has 1 aliphatic carbocycles. The van der Waals surface area contributed by atoms with Crippen molar-refractivity contribution in [3.63, 3.8) is 0 Å². The van der Waals surface area contributed by atoms with Crippen molar-refractivity contribution in [3.05, 3.63) is 11.5 Å². The summed E-state index contributed by atoms with van der Waals surface area (Å²) in [4.78, 5) is 11.3. The summed E-state index contributed by atoms with van der Waals surface area (Å²) in [7, 11) is 0. The lowest BCUT2D eigenvalue weighted by Crippen LogP contribution is -2.33. The minimum atomic E-state index is -0.667. The number of ether oxygens (including phenoxy) is 2. The molecule has 3 fully saturated rings. The van der Waals surface area contributed by atoms with Crippen LogP contribution in [-0.2, 0) is 14.3 Å². The van der Waals surface area contributed by atoms with Crippen molar-refractivity contribution in [2.75, 3.05) is 6.61 Å². The molecule has 2 bridgehead atoms. The van der Waals surface area contributed by atoms with E-state index in [1.807, 2.05) is 0 Å². The third-order valence-electron chi connectivity index (χ3n) is 3.04. The van der Waals surface area contributed by atoms with Crippen LogP contribution in [0, 0.1) is 5.92 Å². The molecule has 1 N–H and O–H groups in total. The lowest BCUT2D eigenvalue weighted by atomic mass is 9.82. The van der Waals surface area contributed by atoms with Gasteiger partial charge in [0, 0.05) is 5.92 Å². The number of aliphatic hydroxyl groups is 1. The monoisotopic (exact) mass is 212 g/mol. The van der Waals surface area contributed by atoms with Crippen LogP contribution >= 0.6 is 0 Å². The fourth-order valence-corrected chi connectivity index (χ4v) is 2.27. The number of hydrogen-bond acceptors (Lipinski definition) is 4. The second kappa shape index (κ2) is 4.13. The normalized spacial score (nSPS) is 32.1. The number of fused-ring (bicyclic) bond motifs is 3. The number of rotatable bonds is 2. The fourth-order valence-electron chi connectivity index (χ4n) is 2.27. The predicted octanol–water partition coefficient (Wildman–Crippen LogP) is 1.91. The van der Waals surface area contributed by atoms with Crippen LogP contribution in [0.15, 0.2) is 11.5 Å². The molecule has 2 heterocycles. The Morgan fingerprint density at radius 2 is 2.13 bits per heavy atom. The Hall–Kier alpha value is -1.19. The van der Waals surface area contributed by atoms with Crippen LogP contribution in [0.25, 0.3) is 0 Å². The van der Waals surface area contributed by atoms with Gasteiger partial charge in [0.05, 0.1) is 12.7 Å². The van der Waals surface area contributed by atoms with Crippen LogP contribution in [0.5, 0.6) is 0 Å². The van der Waals surface area contributed by atoms with Crippen molar-refractivity contribution in [2.45, 2.75) is 38.7 Å². The molecule has 2 saturated heterocycles. The summed E-state index contributed by atoms with van der Waals surface area (Å²) in [5.74, 6) is -0.332. The third-order valence-corrected chi connectivity index (χ3v) is 3.04. The van der Waals surface area contributed by atoms with E-state index in [0.717, 1.165) is 25.7 Å². The van der Waals surface area contributed by atoms with Crippen LogP contribution < -0.4 is 0 Å². The first-order chi connectivity index (χ1) is 7.22. The fraction of sp³-hybridized carbons (Fsp3) is 0.727. The number of allylic oxidation sites excluding steroid dienone is 1. The van der Waals surface area contributed by atoms with E-state index in [-0.39, 0.29) is 24.4 Å². The van der Waals surface area contributed by atoms with Gasteiger partial charge in [-0.15, -0.1) is 0 Å². The molecule has 0 radical (unpaired) electrons. The molecular formula is C11H16O4. The first-order valence-electron chi connectivity index (χ1n) is 5.49. The maximum atomic E-state index is 11.3. The Bertz CT molecular complexity index is 287. The van der Waals surface area contributed by atoms with E-state index in [9.17, 15) is 9.90 Å². The van der Waals surface area contributed by atoms with Gasteiger partial charge in [-0.05, 0) is 32.6 Å².